The van der Waals surface area contributed by atoms with Crippen molar-refractivity contribution >= 4 is 17.1 Å². The number of nitro benzene ring substituents is 1. The van der Waals surface area contributed by atoms with Crippen LogP contribution >= 0.6 is 0 Å². The minimum Gasteiger partial charge on any atom is -0.396 e. The molecule has 0 aliphatic heterocycles. The zero-order valence-electron chi connectivity index (χ0n) is 9.51. The number of nitrogens with zero attached hydrogens (tertiary/aromatic N) is 1. The van der Waals surface area contributed by atoms with Crippen LogP contribution in [0.25, 0.3) is 0 Å². The molecule has 0 saturated carbocycles. The van der Waals surface area contributed by atoms with Gasteiger partial charge < -0.3 is 15.8 Å². The number of nitro groups is 1. The van der Waals surface area contributed by atoms with Gasteiger partial charge in [0.1, 0.15) is 11.4 Å². The zero-order chi connectivity index (χ0) is 12.8. The number of benzene rings is 1. The van der Waals surface area contributed by atoms with Crippen molar-refractivity contribution in [2.45, 2.75) is 19.4 Å². The molecule has 5 N–H and O–H groups in total. The highest BCUT2D eigenvalue weighted by atomic mass is 16.6. The second kappa shape index (κ2) is 6.02. The predicted molar refractivity (Wildman–Crippen MR) is 65.7 cm³/mol. The number of nitrogen functional groups attached to an aromatic ring is 1. The van der Waals surface area contributed by atoms with Crippen molar-refractivity contribution in [1.29, 1.82) is 0 Å². The lowest BCUT2D eigenvalue weighted by molar-refractivity contribution is -0.383. The number of para-hydroxylation sites is 1. The molecule has 7 heteroatoms. The molecule has 0 aliphatic rings. The molecular formula is C10H16N4O3. The molecule has 1 aromatic carbocycles. The van der Waals surface area contributed by atoms with Gasteiger partial charge in [-0.2, -0.15) is 0 Å². The fourth-order valence-electron chi connectivity index (χ4n) is 1.50. The molecule has 17 heavy (non-hydrogen) atoms. The molecule has 1 atom stereocenters. The van der Waals surface area contributed by atoms with Gasteiger partial charge in [0.2, 0.25) is 0 Å². The van der Waals surface area contributed by atoms with Gasteiger partial charge in [0, 0.05) is 12.6 Å². The zero-order valence-corrected chi connectivity index (χ0v) is 9.51. The Hall–Kier alpha value is -1.86. The summed E-state index contributed by atoms with van der Waals surface area (Å²) in [4.78, 5) is 10.5. The van der Waals surface area contributed by atoms with Crippen LogP contribution in [0.2, 0.25) is 0 Å². The minimum atomic E-state index is -0.497. The van der Waals surface area contributed by atoms with Crippen LogP contribution < -0.4 is 16.6 Å². The van der Waals surface area contributed by atoms with Gasteiger partial charge in [0.05, 0.1) is 4.92 Å². The topological polar surface area (TPSA) is 113 Å². The van der Waals surface area contributed by atoms with Crippen molar-refractivity contribution in [3.8, 4) is 0 Å². The molecule has 0 spiro atoms. The van der Waals surface area contributed by atoms with Crippen molar-refractivity contribution in [1.82, 2.24) is 0 Å². The average molecular weight is 240 g/mol. The molecule has 0 aliphatic carbocycles. The lowest BCUT2D eigenvalue weighted by atomic mass is 10.2. The van der Waals surface area contributed by atoms with Crippen molar-refractivity contribution in [2.75, 3.05) is 17.3 Å². The Kier molecular flexibility index (Phi) is 4.68. The van der Waals surface area contributed by atoms with Crippen LogP contribution in [0, 0.1) is 10.1 Å². The third-order valence-corrected chi connectivity index (χ3v) is 2.34. The summed E-state index contributed by atoms with van der Waals surface area (Å²) < 4.78 is 0. The van der Waals surface area contributed by atoms with Crippen LogP contribution in [0.5, 0.6) is 0 Å². The first-order valence-electron chi connectivity index (χ1n) is 5.21. The molecule has 0 aromatic heterocycles. The minimum absolute atomic E-state index is 0.0246. The summed E-state index contributed by atoms with van der Waals surface area (Å²) in [6, 6.07) is 4.73. The second-order valence-electron chi connectivity index (χ2n) is 3.66. The standard InChI is InChI=1S/C10H16N4O3/c1-7(5-6-15)12-8-3-2-4-9(13-11)10(8)14(16)17/h2-4,7,12-13,15H,5-6,11H2,1H3. The maximum Gasteiger partial charge on any atom is 0.316 e. The van der Waals surface area contributed by atoms with Crippen molar-refractivity contribution < 1.29 is 10.0 Å². The van der Waals surface area contributed by atoms with Gasteiger partial charge in [-0.05, 0) is 25.5 Å². The first-order chi connectivity index (χ1) is 8.10. The summed E-state index contributed by atoms with van der Waals surface area (Å²) in [5.41, 5.74) is 2.82. The summed E-state index contributed by atoms with van der Waals surface area (Å²) in [5.74, 6) is 5.22. The molecule has 94 valence electrons. The van der Waals surface area contributed by atoms with Gasteiger partial charge in [-0.15, -0.1) is 0 Å². The number of anilines is 2. The first-order valence-corrected chi connectivity index (χ1v) is 5.21. The Bertz CT molecular complexity index is 397. The van der Waals surface area contributed by atoms with Crippen LogP contribution in [-0.2, 0) is 0 Å². The normalized spacial score (nSPS) is 11.9. The van der Waals surface area contributed by atoms with Gasteiger partial charge >= 0.3 is 5.69 Å². The SMILES string of the molecule is CC(CCO)Nc1cccc(NN)c1[N+](=O)[O-]. The quantitative estimate of drug-likeness (QED) is 0.336. The van der Waals surface area contributed by atoms with Crippen LogP contribution in [0.3, 0.4) is 0 Å². The maximum absolute atomic E-state index is 11.0. The van der Waals surface area contributed by atoms with Crippen LogP contribution in [0.1, 0.15) is 13.3 Å². The molecule has 1 unspecified atom stereocenters. The van der Waals surface area contributed by atoms with E-state index in [2.05, 4.69) is 10.7 Å². The molecule has 0 amide bonds. The molecule has 0 saturated heterocycles. The molecule has 7 nitrogen and oxygen atoms in total. The molecule has 0 radical (unpaired) electrons. The number of nitrogens with one attached hydrogen (secondary N) is 2. The van der Waals surface area contributed by atoms with E-state index in [1.807, 2.05) is 6.92 Å². The van der Waals surface area contributed by atoms with Crippen molar-refractivity contribution in [2.24, 2.45) is 5.84 Å². The maximum atomic E-state index is 11.0. The Morgan fingerprint density at radius 2 is 2.18 bits per heavy atom. The van der Waals surface area contributed by atoms with Crippen LogP contribution in [0.4, 0.5) is 17.1 Å². The van der Waals surface area contributed by atoms with Gasteiger partial charge in [-0.3, -0.25) is 16.0 Å². The van der Waals surface area contributed by atoms with E-state index >= 15 is 0 Å². The Morgan fingerprint density at radius 1 is 1.53 bits per heavy atom. The highest BCUT2D eigenvalue weighted by Gasteiger charge is 2.19. The van der Waals surface area contributed by atoms with Gasteiger partial charge in [-0.25, -0.2) is 0 Å². The van der Waals surface area contributed by atoms with E-state index in [-0.39, 0.29) is 24.0 Å². The fraction of sp³-hybridized carbons (Fsp3) is 0.400. The Labute approximate surface area is 98.7 Å². The van der Waals surface area contributed by atoms with E-state index in [4.69, 9.17) is 10.9 Å². The lowest BCUT2D eigenvalue weighted by Gasteiger charge is -2.15. The monoisotopic (exact) mass is 240 g/mol. The van der Waals surface area contributed by atoms with Crippen LogP contribution in [-0.4, -0.2) is 22.7 Å². The van der Waals surface area contributed by atoms with Crippen molar-refractivity contribution in [3.63, 3.8) is 0 Å². The second-order valence-corrected chi connectivity index (χ2v) is 3.66. The largest absolute Gasteiger partial charge is 0.396 e. The van der Waals surface area contributed by atoms with E-state index < -0.39 is 4.92 Å². The van der Waals surface area contributed by atoms with E-state index in [9.17, 15) is 10.1 Å². The molecular weight excluding hydrogens is 224 g/mol. The molecule has 1 rings (SSSR count). The highest BCUT2D eigenvalue weighted by Crippen LogP contribution is 2.32. The molecule has 0 bridgehead atoms. The number of nitrogens with two attached hydrogens (primary N) is 1. The summed E-state index contributed by atoms with van der Waals surface area (Å²) in [7, 11) is 0. The molecule has 1 aromatic rings. The third kappa shape index (κ3) is 3.30. The first kappa shape index (κ1) is 13.2. The predicted octanol–water partition coefficient (Wildman–Crippen LogP) is 1.06. The summed E-state index contributed by atoms with van der Waals surface area (Å²) in [6.45, 7) is 1.86. The summed E-state index contributed by atoms with van der Waals surface area (Å²) >= 11 is 0. The molecule has 0 heterocycles. The van der Waals surface area contributed by atoms with E-state index in [0.29, 0.717) is 12.1 Å². The third-order valence-electron chi connectivity index (χ3n) is 2.34. The van der Waals surface area contributed by atoms with E-state index in [1.165, 1.54) is 6.07 Å². The van der Waals surface area contributed by atoms with Crippen LogP contribution in [0.15, 0.2) is 18.2 Å². The summed E-state index contributed by atoms with van der Waals surface area (Å²) in [6.07, 6.45) is 0.511. The molecule has 0 fully saturated rings. The van der Waals surface area contributed by atoms with Gasteiger partial charge in [0.15, 0.2) is 0 Å². The Morgan fingerprint density at radius 3 is 2.71 bits per heavy atom. The van der Waals surface area contributed by atoms with E-state index in [0.717, 1.165) is 0 Å². The smallest absolute Gasteiger partial charge is 0.316 e. The number of hydrogen-bond acceptors (Lipinski definition) is 6. The van der Waals surface area contributed by atoms with Gasteiger partial charge in [-0.1, -0.05) is 6.07 Å². The number of rotatable bonds is 6. The highest BCUT2D eigenvalue weighted by molar-refractivity contribution is 5.75. The number of hydrazine groups is 1. The number of aliphatic hydroxyl groups is 1. The Balaban J connectivity index is 3.02. The number of hydrogen-bond donors (Lipinski definition) is 4. The van der Waals surface area contributed by atoms with Crippen molar-refractivity contribution in [3.05, 3.63) is 28.3 Å². The average Bonchev–Trinajstić information content (AvgIpc) is 2.28. The lowest BCUT2D eigenvalue weighted by Crippen LogP contribution is -2.18. The summed E-state index contributed by atoms with van der Waals surface area (Å²) in [5, 5.41) is 22.7. The van der Waals surface area contributed by atoms with Gasteiger partial charge in [0.25, 0.3) is 0 Å². The van der Waals surface area contributed by atoms with E-state index in [1.54, 1.807) is 12.1 Å². The number of aliphatic hydroxyl groups excluding tert-OH is 1. The fourth-order valence-corrected chi connectivity index (χ4v) is 1.50.